The third kappa shape index (κ3) is 7.41. The molecule has 2 aliphatic heterocycles. The molecular formula is C48H48N12O4. The van der Waals surface area contributed by atoms with Crippen molar-refractivity contribution in [1.29, 1.82) is 0 Å². The van der Waals surface area contributed by atoms with E-state index in [9.17, 15) is 0 Å². The average Bonchev–Trinajstić information content (AvgIpc) is 4.28. The van der Waals surface area contributed by atoms with Crippen LogP contribution in [0.3, 0.4) is 0 Å². The quantitative estimate of drug-likeness (QED) is 0.153. The predicted molar refractivity (Wildman–Crippen MR) is 240 cm³/mol. The molecule has 2 aliphatic carbocycles. The molecule has 324 valence electrons. The number of rotatable bonds is 10. The van der Waals surface area contributed by atoms with E-state index in [1.165, 1.54) is 22.5 Å². The molecule has 0 amide bonds. The molecule has 0 atom stereocenters. The fourth-order valence-electron chi connectivity index (χ4n) is 8.94. The molecule has 4 fully saturated rings. The van der Waals surface area contributed by atoms with Gasteiger partial charge in [-0.15, -0.1) is 20.4 Å². The standard InChI is InChI=1S/2C24H24N6O2/c1-31-20-8-4-18(5-9-20)24(10-11-24)22-27-28-23-26-21(16-25-30(22)23)17-2-6-19(7-3-17)29-12-14-32-15-13-29;1-31-20-8-4-18(5-9-20)24(10-11-24)22-26-27-23-25-16-21(28-30(22)23)17-2-6-19(7-3-17)29-12-14-32-15-13-29/h2*2-9,16H,10-15H2,1H3. The first-order valence-electron chi connectivity index (χ1n) is 21.9. The van der Waals surface area contributed by atoms with Crippen LogP contribution in [0.5, 0.6) is 11.5 Å². The van der Waals surface area contributed by atoms with Crippen molar-refractivity contribution in [2.45, 2.75) is 36.5 Å². The van der Waals surface area contributed by atoms with Crippen molar-refractivity contribution in [2.75, 3.05) is 76.6 Å². The lowest BCUT2D eigenvalue weighted by Crippen LogP contribution is -2.36. The number of aromatic nitrogens is 10. The van der Waals surface area contributed by atoms with E-state index in [1.54, 1.807) is 31.1 Å². The Bertz CT molecular complexity index is 2880. The smallest absolute Gasteiger partial charge is 0.272 e. The van der Waals surface area contributed by atoms with Gasteiger partial charge in [0.15, 0.2) is 11.6 Å². The molecule has 4 aliphatic rings. The number of ether oxygens (including phenoxy) is 4. The van der Waals surface area contributed by atoms with Gasteiger partial charge in [0.2, 0.25) is 0 Å². The van der Waals surface area contributed by atoms with Gasteiger partial charge in [-0.25, -0.2) is 9.97 Å². The highest BCUT2D eigenvalue weighted by atomic mass is 16.5. The van der Waals surface area contributed by atoms with Gasteiger partial charge < -0.3 is 28.7 Å². The van der Waals surface area contributed by atoms with Crippen LogP contribution in [0.25, 0.3) is 34.1 Å². The van der Waals surface area contributed by atoms with E-state index in [-0.39, 0.29) is 10.8 Å². The van der Waals surface area contributed by atoms with Crippen molar-refractivity contribution in [3.63, 3.8) is 0 Å². The topological polar surface area (TPSA) is 155 Å². The molecule has 0 unspecified atom stereocenters. The highest BCUT2D eigenvalue weighted by Crippen LogP contribution is 2.54. The lowest BCUT2D eigenvalue weighted by molar-refractivity contribution is 0.122. The van der Waals surface area contributed by atoms with Crippen LogP contribution in [0.4, 0.5) is 11.4 Å². The van der Waals surface area contributed by atoms with Crippen molar-refractivity contribution >= 4 is 22.9 Å². The Labute approximate surface area is 369 Å². The van der Waals surface area contributed by atoms with Crippen molar-refractivity contribution in [3.8, 4) is 34.0 Å². The van der Waals surface area contributed by atoms with E-state index < -0.39 is 0 Å². The summed E-state index contributed by atoms with van der Waals surface area (Å²) in [4.78, 5) is 14.0. The predicted octanol–water partition coefficient (Wildman–Crippen LogP) is 6.22. The molecular weight excluding hydrogens is 809 g/mol. The summed E-state index contributed by atoms with van der Waals surface area (Å²) in [5, 5.41) is 27.2. The minimum atomic E-state index is -0.167. The van der Waals surface area contributed by atoms with Gasteiger partial charge >= 0.3 is 0 Å². The fraction of sp³-hybridized carbons (Fsp3) is 0.333. The molecule has 0 N–H and O–H groups in total. The maximum atomic E-state index is 5.45. The third-order valence-corrected chi connectivity index (χ3v) is 13.0. The van der Waals surface area contributed by atoms with Crippen LogP contribution in [0.2, 0.25) is 0 Å². The van der Waals surface area contributed by atoms with E-state index >= 15 is 0 Å². The third-order valence-electron chi connectivity index (χ3n) is 13.0. The van der Waals surface area contributed by atoms with E-state index in [2.05, 4.69) is 113 Å². The van der Waals surface area contributed by atoms with E-state index in [0.717, 1.165) is 124 Å². The van der Waals surface area contributed by atoms with Gasteiger partial charge in [-0.3, -0.25) is 0 Å². The van der Waals surface area contributed by atoms with Crippen LogP contribution in [0.15, 0.2) is 109 Å². The molecule has 64 heavy (non-hydrogen) atoms. The average molecular weight is 857 g/mol. The highest BCUT2D eigenvalue weighted by molar-refractivity contribution is 5.65. The Morgan fingerprint density at radius 3 is 1.45 bits per heavy atom. The molecule has 2 saturated heterocycles. The second-order valence-electron chi connectivity index (χ2n) is 16.7. The van der Waals surface area contributed by atoms with Crippen LogP contribution in [-0.2, 0) is 20.3 Å². The number of hydrogen-bond acceptors (Lipinski definition) is 14. The SMILES string of the molecule is COc1ccc(C2(c3nnc4nc(-c5ccc(N6CCOCC6)cc5)cnn34)CC2)cc1.COc1ccc(C2(c3nnc4ncc(-c5ccc(N6CCOCC6)cc5)nn34)CC2)cc1. The Morgan fingerprint density at radius 1 is 0.500 bits per heavy atom. The minimum absolute atomic E-state index is 0.151. The van der Waals surface area contributed by atoms with E-state index in [1.807, 2.05) is 28.8 Å². The zero-order valence-electron chi connectivity index (χ0n) is 35.9. The molecule has 0 bridgehead atoms. The zero-order chi connectivity index (χ0) is 43.1. The summed E-state index contributed by atoms with van der Waals surface area (Å²) in [6, 6.07) is 33.3. The summed E-state index contributed by atoms with van der Waals surface area (Å²) in [5.41, 5.74) is 8.12. The number of fused-ring (bicyclic) bond motifs is 2. The van der Waals surface area contributed by atoms with Crippen molar-refractivity contribution in [2.24, 2.45) is 0 Å². The van der Waals surface area contributed by atoms with Gasteiger partial charge in [0, 0.05) is 48.7 Å². The van der Waals surface area contributed by atoms with Crippen molar-refractivity contribution in [1.82, 2.24) is 49.6 Å². The first-order chi connectivity index (χ1) is 31.5. The summed E-state index contributed by atoms with van der Waals surface area (Å²) in [5.74, 6) is 4.43. The number of morpholine rings is 2. The normalized spacial score (nSPS) is 17.5. The van der Waals surface area contributed by atoms with E-state index in [4.69, 9.17) is 29.0 Å². The molecule has 0 radical (unpaired) electrons. The second kappa shape index (κ2) is 16.6. The summed E-state index contributed by atoms with van der Waals surface area (Å²) in [7, 11) is 3.36. The highest BCUT2D eigenvalue weighted by Gasteiger charge is 2.51. The van der Waals surface area contributed by atoms with E-state index in [0.29, 0.717) is 11.6 Å². The van der Waals surface area contributed by atoms with Crippen molar-refractivity contribution < 1.29 is 18.9 Å². The number of nitrogens with zero attached hydrogens (tertiary/aromatic N) is 12. The van der Waals surface area contributed by atoms with Gasteiger partial charge in [-0.2, -0.15) is 19.2 Å². The van der Waals surface area contributed by atoms with Gasteiger partial charge in [0.05, 0.1) is 69.6 Å². The largest absolute Gasteiger partial charge is 0.497 e. The molecule has 4 aromatic heterocycles. The van der Waals surface area contributed by atoms with Crippen molar-refractivity contribution in [3.05, 3.63) is 132 Å². The van der Waals surface area contributed by atoms with Crippen LogP contribution in [-0.4, -0.2) is 116 Å². The Hall–Kier alpha value is -7.04. The molecule has 2 saturated carbocycles. The lowest BCUT2D eigenvalue weighted by atomic mass is 9.95. The van der Waals surface area contributed by atoms with Crippen LogP contribution >= 0.6 is 0 Å². The van der Waals surface area contributed by atoms with Crippen LogP contribution in [0.1, 0.15) is 48.5 Å². The Morgan fingerprint density at radius 2 is 0.969 bits per heavy atom. The molecule has 8 aromatic rings. The van der Waals surface area contributed by atoms with Crippen LogP contribution in [0, 0.1) is 0 Å². The number of hydrogen-bond donors (Lipinski definition) is 0. The van der Waals surface area contributed by atoms with Gasteiger partial charge in [-0.1, -0.05) is 48.5 Å². The summed E-state index contributed by atoms with van der Waals surface area (Å²) in [6.07, 6.45) is 7.64. The van der Waals surface area contributed by atoms with Gasteiger partial charge in [-0.05, 0) is 85.3 Å². The lowest BCUT2D eigenvalue weighted by Gasteiger charge is -2.28. The number of benzene rings is 4. The first kappa shape index (κ1) is 39.8. The zero-order valence-corrected chi connectivity index (χ0v) is 35.9. The minimum Gasteiger partial charge on any atom is -0.497 e. The fourth-order valence-corrected chi connectivity index (χ4v) is 8.94. The van der Waals surface area contributed by atoms with Gasteiger partial charge in [0.1, 0.15) is 17.2 Å². The Kier molecular flexibility index (Phi) is 10.3. The maximum absolute atomic E-state index is 5.45. The molecule has 16 nitrogen and oxygen atoms in total. The summed E-state index contributed by atoms with van der Waals surface area (Å²) < 4.78 is 25.1. The molecule has 12 rings (SSSR count). The number of methoxy groups -OCH3 is 2. The molecule has 16 heteroatoms. The summed E-state index contributed by atoms with van der Waals surface area (Å²) >= 11 is 0. The maximum Gasteiger partial charge on any atom is 0.272 e. The van der Waals surface area contributed by atoms with Crippen LogP contribution < -0.4 is 19.3 Å². The number of anilines is 2. The monoisotopic (exact) mass is 856 g/mol. The molecule has 4 aromatic carbocycles. The first-order valence-corrected chi connectivity index (χ1v) is 21.9. The van der Waals surface area contributed by atoms with Gasteiger partial charge in [0.25, 0.3) is 11.6 Å². The summed E-state index contributed by atoms with van der Waals surface area (Å²) in [6.45, 7) is 6.78. The Balaban J connectivity index is 0.000000143. The second-order valence-corrected chi connectivity index (χ2v) is 16.7. The molecule has 6 heterocycles. The molecule has 0 spiro atoms.